The van der Waals surface area contributed by atoms with Crippen LogP contribution in [0.4, 0.5) is 0 Å². The molecule has 0 spiro atoms. The van der Waals surface area contributed by atoms with Crippen LogP contribution in [0.15, 0.2) is 27.5 Å². The average Bonchev–Trinajstić information content (AvgIpc) is 2.90. The third kappa shape index (κ3) is 3.36. The van der Waals surface area contributed by atoms with Gasteiger partial charge in [-0.25, -0.2) is 4.98 Å². The zero-order valence-corrected chi connectivity index (χ0v) is 15.4. The van der Waals surface area contributed by atoms with E-state index in [1.54, 1.807) is 7.11 Å². The zero-order chi connectivity index (χ0) is 17.3. The highest BCUT2D eigenvalue weighted by Crippen LogP contribution is 2.25. The number of H-pyrrole nitrogens is 2. The molecule has 0 radical (unpaired) electrons. The number of hydrogen-bond acceptors (Lipinski definition) is 4. The molecule has 0 aliphatic rings. The van der Waals surface area contributed by atoms with Gasteiger partial charge in [0.15, 0.2) is 0 Å². The zero-order valence-electron chi connectivity index (χ0n) is 13.8. The molecule has 6 nitrogen and oxygen atoms in total. The van der Waals surface area contributed by atoms with Crippen LogP contribution in [-0.2, 0) is 12.8 Å². The van der Waals surface area contributed by atoms with Gasteiger partial charge in [0.1, 0.15) is 22.6 Å². The fourth-order valence-corrected chi connectivity index (χ4v) is 3.10. The van der Waals surface area contributed by atoms with Crippen LogP contribution in [0, 0.1) is 5.92 Å². The van der Waals surface area contributed by atoms with E-state index in [1.807, 2.05) is 18.2 Å². The smallest absolute Gasteiger partial charge is 0.276 e. The molecule has 0 amide bonds. The molecule has 0 bridgehead atoms. The van der Waals surface area contributed by atoms with Gasteiger partial charge in [0.05, 0.1) is 12.8 Å². The van der Waals surface area contributed by atoms with Crippen molar-refractivity contribution in [3.05, 3.63) is 50.1 Å². The third-order valence-electron chi connectivity index (χ3n) is 3.75. The Morgan fingerprint density at radius 2 is 2.12 bits per heavy atom. The van der Waals surface area contributed by atoms with Crippen LogP contribution in [0.25, 0.3) is 11.0 Å². The number of aromatic amines is 2. The summed E-state index contributed by atoms with van der Waals surface area (Å²) in [5, 5.41) is 7.05. The van der Waals surface area contributed by atoms with Crippen LogP contribution in [0.5, 0.6) is 5.75 Å². The van der Waals surface area contributed by atoms with E-state index in [1.165, 1.54) is 0 Å². The van der Waals surface area contributed by atoms with Gasteiger partial charge in [0, 0.05) is 16.5 Å². The summed E-state index contributed by atoms with van der Waals surface area (Å²) >= 11 is 3.46. The Bertz CT molecular complexity index is 930. The van der Waals surface area contributed by atoms with E-state index < -0.39 is 0 Å². The predicted octanol–water partition coefficient (Wildman–Crippen LogP) is 3.21. The number of ether oxygens (including phenoxy) is 1. The van der Waals surface area contributed by atoms with E-state index in [0.29, 0.717) is 29.2 Å². The number of rotatable bonds is 5. The van der Waals surface area contributed by atoms with Crippen LogP contribution >= 0.6 is 15.9 Å². The van der Waals surface area contributed by atoms with Crippen LogP contribution < -0.4 is 10.3 Å². The maximum Gasteiger partial charge on any atom is 0.276 e. The summed E-state index contributed by atoms with van der Waals surface area (Å²) in [5.41, 5.74) is 2.65. The summed E-state index contributed by atoms with van der Waals surface area (Å²) in [7, 11) is 1.63. The van der Waals surface area contributed by atoms with Gasteiger partial charge in [-0.1, -0.05) is 29.8 Å². The predicted molar refractivity (Wildman–Crippen MR) is 96.6 cm³/mol. The molecule has 0 aliphatic carbocycles. The molecular formula is C17H19BrN4O2. The molecule has 2 N–H and O–H groups in total. The molecule has 0 fully saturated rings. The SMILES string of the molecule is COc1ccc(Br)cc1Cc1nc2c(CC(C)C)n[nH]c2c(=O)[nH]1. The molecule has 0 atom stereocenters. The van der Waals surface area contributed by atoms with Crippen LogP contribution in [-0.4, -0.2) is 27.3 Å². The highest BCUT2D eigenvalue weighted by molar-refractivity contribution is 9.10. The third-order valence-corrected chi connectivity index (χ3v) is 4.24. The second-order valence-electron chi connectivity index (χ2n) is 6.14. The van der Waals surface area contributed by atoms with Crippen molar-refractivity contribution in [2.24, 2.45) is 5.92 Å². The van der Waals surface area contributed by atoms with Gasteiger partial charge in [-0.15, -0.1) is 0 Å². The van der Waals surface area contributed by atoms with Gasteiger partial charge in [-0.2, -0.15) is 5.10 Å². The number of nitrogens with zero attached hydrogens (tertiary/aromatic N) is 2. The lowest BCUT2D eigenvalue weighted by Crippen LogP contribution is -2.13. The summed E-state index contributed by atoms with van der Waals surface area (Å²) in [6.45, 7) is 4.22. The molecule has 3 aromatic rings. The van der Waals surface area contributed by atoms with Gasteiger partial charge >= 0.3 is 0 Å². The Kier molecular flexibility index (Phi) is 4.71. The number of aromatic nitrogens is 4. The lowest BCUT2D eigenvalue weighted by molar-refractivity contribution is 0.410. The number of halogens is 1. The normalized spacial score (nSPS) is 11.4. The number of nitrogens with one attached hydrogen (secondary N) is 2. The first kappa shape index (κ1) is 16.7. The summed E-state index contributed by atoms with van der Waals surface area (Å²) in [4.78, 5) is 19.8. The van der Waals surface area contributed by atoms with Crippen molar-refractivity contribution in [3.8, 4) is 5.75 Å². The van der Waals surface area contributed by atoms with Crippen molar-refractivity contribution in [1.29, 1.82) is 0 Å². The summed E-state index contributed by atoms with van der Waals surface area (Å²) in [6, 6.07) is 5.77. The topological polar surface area (TPSA) is 83.7 Å². The minimum absolute atomic E-state index is 0.202. The van der Waals surface area contributed by atoms with Crippen LogP contribution in [0.1, 0.15) is 30.9 Å². The van der Waals surface area contributed by atoms with Crippen molar-refractivity contribution >= 4 is 27.0 Å². The molecular weight excluding hydrogens is 372 g/mol. The summed E-state index contributed by atoms with van der Waals surface area (Å²) in [6.07, 6.45) is 1.25. The lowest BCUT2D eigenvalue weighted by atomic mass is 10.1. The van der Waals surface area contributed by atoms with E-state index >= 15 is 0 Å². The van der Waals surface area contributed by atoms with Gasteiger partial charge in [-0.05, 0) is 30.5 Å². The molecule has 7 heteroatoms. The van der Waals surface area contributed by atoms with Gasteiger partial charge in [0.25, 0.3) is 5.56 Å². The summed E-state index contributed by atoms with van der Waals surface area (Å²) in [5.74, 6) is 1.79. The molecule has 2 heterocycles. The quantitative estimate of drug-likeness (QED) is 0.700. The molecule has 126 valence electrons. The van der Waals surface area contributed by atoms with E-state index in [0.717, 1.165) is 27.9 Å². The molecule has 24 heavy (non-hydrogen) atoms. The molecule has 0 unspecified atom stereocenters. The van der Waals surface area contributed by atoms with Crippen LogP contribution in [0.2, 0.25) is 0 Å². The Hall–Kier alpha value is -2.15. The monoisotopic (exact) mass is 390 g/mol. The first-order chi connectivity index (χ1) is 11.5. The summed E-state index contributed by atoms with van der Waals surface area (Å²) < 4.78 is 6.34. The highest BCUT2D eigenvalue weighted by atomic mass is 79.9. The highest BCUT2D eigenvalue weighted by Gasteiger charge is 2.14. The number of hydrogen-bond donors (Lipinski definition) is 2. The number of benzene rings is 1. The first-order valence-corrected chi connectivity index (χ1v) is 8.55. The van der Waals surface area contributed by atoms with E-state index in [4.69, 9.17) is 4.74 Å². The molecule has 0 saturated carbocycles. The molecule has 3 rings (SSSR count). The van der Waals surface area contributed by atoms with Gasteiger partial charge < -0.3 is 9.72 Å². The number of methoxy groups -OCH3 is 1. The second-order valence-corrected chi connectivity index (χ2v) is 7.05. The Labute approximate surface area is 147 Å². The van der Waals surface area contributed by atoms with Crippen LogP contribution in [0.3, 0.4) is 0 Å². The van der Waals surface area contributed by atoms with Crippen molar-refractivity contribution < 1.29 is 4.74 Å². The molecule has 1 aromatic carbocycles. The van der Waals surface area contributed by atoms with Gasteiger partial charge in [-0.3, -0.25) is 9.89 Å². The average molecular weight is 391 g/mol. The largest absolute Gasteiger partial charge is 0.496 e. The Morgan fingerprint density at radius 3 is 2.83 bits per heavy atom. The Morgan fingerprint density at radius 1 is 1.33 bits per heavy atom. The number of fused-ring (bicyclic) bond motifs is 1. The molecule has 0 saturated heterocycles. The molecule has 2 aromatic heterocycles. The van der Waals surface area contributed by atoms with Crippen molar-refractivity contribution in [2.75, 3.05) is 7.11 Å². The Balaban J connectivity index is 2.04. The maximum atomic E-state index is 12.3. The second kappa shape index (κ2) is 6.76. The molecule has 0 aliphatic heterocycles. The van der Waals surface area contributed by atoms with Crippen molar-refractivity contribution in [2.45, 2.75) is 26.7 Å². The maximum absolute atomic E-state index is 12.3. The van der Waals surface area contributed by atoms with Crippen molar-refractivity contribution in [1.82, 2.24) is 20.2 Å². The fourth-order valence-electron chi connectivity index (χ4n) is 2.69. The van der Waals surface area contributed by atoms with E-state index in [2.05, 4.69) is 49.9 Å². The minimum Gasteiger partial charge on any atom is -0.496 e. The van der Waals surface area contributed by atoms with E-state index in [9.17, 15) is 4.79 Å². The lowest BCUT2D eigenvalue weighted by Gasteiger charge is -2.09. The standard InChI is InChI=1S/C17H19BrN4O2/c1-9(2)6-12-15-16(22-21-12)17(23)20-14(19-15)8-10-7-11(18)4-5-13(10)24-3/h4-5,7,9H,6,8H2,1-3H3,(H,21,22)(H,19,20,23). The minimum atomic E-state index is -0.202. The first-order valence-electron chi connectivity index (χ1n) is 7.76. The fraction of sp³-hybridized carbons (Fsp3) is 0.353. The van der Waals surface area contributed by atoms with E-state index in [-0.39, 0.29) is 5.56 Å². The van der Waals surface area contributed by atoms with Crippen molar-refractivity contribution in [3.63, 3.8) is 0 Å². The van der Waals surface area contributed by atoms with Gasteiger partial charge in [0.2, 0.25) is 0 Å².